The second kappa shape index (κ2) is 6.09. The fourth-order valence-electron chi connectivity index (χ4n) is 1.27. The van der Waals surface area contributed by atoms with Crippen LogP contribution in [0.25, 0.3) is 0 Å². The van der Waals surface area contributed by atoms with E-state index in [-0.39, 0.29) is 10.0 Å². The molecule has 0 bridgehead atoms. The molecule has 1 aromatic heterocycles. The molecule has 0 radical (unpaired) electrons. The van der Waals surface area contributed by atoms with Gasteiger partial charge in [0.15, 0.2) is 15.2 Å². The molecule has 1 heterocycles. The maximum Gasteiger partial charge on any atom is 0.351 e. The van der Waals surface area contributed by atoms with E-state index < -0.39 is 5.97 Å². The molecule has 1 aromatic carbocycles. The number of methoxy groups -OCH3 is 1. The summed E-state index contributed by atoms with van der Waals surface area (Å²) in [4.78, 5) is 15.7. The number of carbonyl (C=O) groups is 1. The normalized spacial score (nSPS) is 10.3. The molecular weight excluding hydrogens is 375 g/mol. The molecule has 0 fully saturated rings. The van der Waals surface area contributed by atoms with E-state index >= 15 is 0 Å². The minimum atomic E-state index is -0.510. The third-order valence-corrected chi connectivity index (χ3v) is 4.70. The Morgan fingerprint density at radius 3 is 2.84 bits per heavy atom. The van der Waals surface area contributed by atoms with Crippen LogP contribution in [0.2, 0.25) is 10.2 Å². The minimum Gasteiger partial charge on any atom is -0.465 e. The highest BCUT2D eigenvalue weighted by Gasteiger charge is 2.17. The van der Waals surface area contributed by atoms with Gasteiger partial charge in [-0.2, -0.15) is 0 Å². The molecule has 100 valence electrons. The standard InChI is InChI=1S/C11H7BrCl2N2O2S/c1-18-10(17)8-9(14)16-11(19-8)15-5-2-3-6(12)7(13)4-5/h2-4H,1H3,(H,15,16). The quantitative estimate of drug-likeness (QED) is 0.780. The predicted molar refractivity (Wildman–Crippen MR) is 80.9 cm³/mol. The van der Waals surface area contributed by atoms with Gasteiger partial charge < -0.3 is 10.1 Å². The second-order valence-electron chi connectivity index (χ2n) is 3.38. The Morgan fingerprint density at radius 1 is 1.47 bits per heavy atom. The Hall–Kier alpha value is -0.820. The van der Waals surface area contributed by atoms with Crippen LogP contribution in [0.5, 0.6) is 0 Å². The Bertz CT molecular complexity index is 633. The van der Waals surface area contributed by atoms with Crippen molar-refractivity contribution >= 4 is 67.3 Å². The number of hydrogen-bond donors (Lipinski definition) is 1. The van der Waals surface area contributed by atoms with Crippen LogP contribution in [0.3, 0.4) is 0 Å². The van der Waals surface area contributed by atoms with E-state index in [0.717, 1.165) is 21.5 Å². The first-order valence-corrected chi connectivity index (χ1v) is 7.34. The Kier molecular flexibility index (Phi) is 4.67. The van der Waals surface area contributed by atoms with E-state index in [1.807, 2.05) is 6.07 Å². The molecule has 0 amide bonds. The lowest BCUT2D eigenvalue weighted by Crippen LogP contribution is -1.98. The van der Waals surface area contributed by atoms with E-state index in [4.69, 9.17) is 23.2 Å². The highest BCUT2D eigenvalue weighted by Crippen LogP contribution is 2.31. The number of carbonyl (C=O) groups excluding carboxylic acids is 1. The first-order valence-electron chi connectivity index (χ1n) is 4.98. The van der Waals surface area contributed by atoms with Gasteiger partial charge >= 0.3 is 5.97 Å². The van der Waals surface area contributed by atoms with E-state index in [1.54, 1.807) is 12.1 Å². The SMILES string of the molecule is COC(=O)c1sc(Nc2ccc(Br)c(Cl)c2)nc1Cl. The third kappa shape index (κ3) is 3.39. The van der Waals surface area contributed by atoms with Crippen LogP contribution in [0.15, 0.2) is 22.7 Å². The number of esters is 1. The van der Waals surface area contributed by atoms with Crippen LogP contribution < -0.4 is 5.32 Å². The second-order valence-corrected chi connectivity index (χ2v) is 6.00. The lowest BCUT2D eigenvalue weighted by atomic mass is 10.3. The number of rotatable bonds is 3. The van der Waals surface area contributed by atoms with Crippen LogP contribution in [-0.4, -0.2) is 18.1 Å². The largest absolute Gasteiger partial charge is 0.465 e. The Labute approximate surface area is 131 Å². The van der Waals surface area contributed by atoms with Crippen LogP contribution in [0.4, 0.5) is 10.8 Å². The number of ether oxygens (including phenoxy) is 1. The molecule has 19 heavy (non-hydrogen) atoms. The average Bonchev–Trinajstić information content (AvgIpc) is 2.74. The van der Waals surface area contributed by atoms with E-state index in [9.17, 15) is 4.79 Å². The van der Waals surface area contributed by atoms with Crippen molar-refractivity contribution in [2.75, 3.05) is 12.4 Å². The van der Waals surface area contributed by atoms with Gasteiger partial charge in [0, 0.05) is 10.2 Å². The van der Waals surface area contributed by atoms with Gasteiger partial charge in [0.25, 0.3) is 0 Å². The van der Waals surface area contributed by atoms with Crippen LogP contribution in [0.1, 0.15) is 9.67 Å². The molecule has 0 saturated heterocycles. The number of nitrogens with one attached hydrogen (secondary N) is 1. The first-order chi connectivity index (χ1) is 9.01. The zero-order valence-corrected chi connectivity index (χ0v) is 13.5. The van der Waals surface area contributed by atoms with Crippen molar-refractivity contribution in [3.8, 4) is 0 Å². The summed E-state index contributed by atoms with van der Waals surface area (Å²) >= 11 is 16.3. The third-order valence-electron chi connectivity index (χ3n) is 2.13. The van der Waals surface area contributed by atoms with Crippen molar-refractivity contribution in [1.82, 2.24) is 4.98 Å². The molecule has 2 aromatic rings. The lowest BCUT2D eigenvalue weighted by Gasteiger charge is -2.03. The van der Waals surface area contributed by atoms with Crippen molar-refractivity contribution in [3.63, 3.8) is 0 Å². The number of anilines is 2. The molecule has 2 rings (SSSR count). The maximum absolute atomic E-state index is 11.4. The van der Waals surface area contributed by atoms with E-state index in [0.29, 0.717) is 10.2 Å². The monoisotopic (exact) mass is 380 g/mol. The molecule has 8 heteroatoms. The summed E-state index contributed by atoms with van der Waals surface area (Å²) in [6.45, 7) is 0. The lowest BCUT2D eigenvalue weighted by molar-refractivity contribution is 0.0606. The molecule has 0 spiro atoms. The summed E-state index contributed by atoms with van der Waals surface area (Å²) in [5, 5.41) is 4.20. The number of thiazole rings is 1. The molecule has 1 N–H and O–H groups in total. The smallest absolute Gasteiger partial charge is 0.351 e. The number of halogens is 3. The summed E-state index contributed by atoms with van der Waals surface area (Å²) in [5.41, 5.74) is 0.745. The Balaban J connectivity index is 2.24. The van der Waals surface area contributed by atoms with E-state index in [1.165, 1.54) is 7.11 Å². The predicted octanol–water partition coefficient (Wildman–Crippen LogP) is 4.74. The van der Waals surface area contributed by atoms with Crippen molar-refractivity contribution in [3.05, 3.63) is 37.7 Å². The highest BCUT2D eigenvalue weighted by atomic mass is 79.9. The first kappa shape index (κ1) is 14.6. The molecule has 0 saturated carbocycles. The fourth-order valence-corrected chi connectivity index (χ4v) is 2.82. The summed E-state index contributed by atoms with van der Waals surface area (Å²) in [5.74, 6) is -0.510. The maximum atomic E-state index is 11.4. The zero-order chi connectivity index (χ0) is 14.0. The average molecular weight is 382 g/mol. The van der Waals surface area contributed by atoms with Crippen molar-refractivity contribution < 1.29 is 9.53 Å². The van der Waals surface area contributed by atoms with Gasteiger partial charge in [-0.3, -0.25) is 0 Å². The number of benzene rings is 1. The van der Waals surface area contributed by atoms with Gasteiger partial charge in [-0.15, -0.1) is 0 Å². The van der Waals surface area contributed by atoms with Crippen LogP contribution >= 0.6 is 50.5 Å². The Morgan fingerprint density at radius 2 is 2.21 bits per heavy atom. The highest BCUT2D eigenvalue weighted by molar-refractivity contribution is 9.10. The van der Waals surface area contributed by atoms with Gasteiger partial charge in [0.05, 0.1) is 12.1 Å². The van der Waals surface area contributed by atoms with Crippen molar-refractivity contribution in [1.29, 1.82) is 0 Å². The topological polar surface area (TPSA) is 51.2 Å². The van der Waals surface area contributed by atoms with Crippen molar-refractivity contribution in [2.24, 2.45) is 0 Å². The summed E-state index contributed by atoms with van der Waals surface area (Å²) in [6.07, 6.45) is 0. The molecule has 4 nitrogen and oxygen atoms in total. The molecule has 0 unspecified atom stereocenters. The summed E-state index contributed by atoms with van der Waals surface area (Å²) in [7, 11) is 1.29. The molecule has 0 aliphatic rings. The number of nitrogens with zero attached hydrogens (tertiary/aromatic N) is 1. The van der Waals surface area contributed by atoms with Crippen LogP contribution in [0, 0.1) is 0 Å². The molecule has 0 aliphatic carbocycles. The van der Waals surface area contributed by atoms with Crippen LogP contribution in [-0.2, 0) is 4.74 Å². The zero-order valence-electron chi connectivity index (χ0n) is 9.54. The summed E-state index contributed by atoms with van der Waals surface area (Å²) in [6, 6.07) is 5.36. The fraction of sp³-hybridized carbons (Fsp3) is 0.0909. The summed E-state index contributed by atoms with van der Waals surface area (Å²) < 4.78 is 5.41. The minimum absolute atomic E-state index is 0.113. The molecule has 0 atom stereocenters. The van der Waals surface area contributed by atoms with Gasteiger partial charge in [-0.05, 0) is 34.1 Å². The number of aromatic nitrogens is 1. The van der Waals surface area contributed by atoms with Crippen molar-refractivity contribution in [2.45, 2.75) is 0 Å². The van der Waals surface area contributed by atoms with Gasteiger partial charge in [0.2, 0.25) is 0 Å². The molecular formula is C11H7BrCl2N2O2S. The van der Waals surface area contributed by atoms with E-state index in [2.05, 4.69) is 31.0 Å². The van der Waals surface area contributed by atoms with Gasteiger partial charge in [-0.25, -0.2) is 9.78 Å². The van der Waals surface area contributed by atoms with Gasteiger partial charge in [-0.1, -0.05) is 34.5 Å². The molecule has 0 aliphatic heterocycles. The number of hydrogen-bond acceptors (Lipinski definition) is 5. The van der Waals surface area contributed by atoms with Gasteiger partial charge in [0.1, 0.15) is 0 Å².